The Labute approximate surface area is 244 Å². The van der Waals surface area contributed by atoms with E-state index in [0.717, 1.165) is 33.8 Å². The van der Waals surface area contributed by atoms with Crippen LogP contribution in [0.2, 0.25) is 0 Å². The van der Waals surface area contributed by atoms with E-state index >= 15 is 0 Å². The Morgan fingerprint density at radius 1 is 0.488 bits per heavy atom. The zero-order chi connectivity index (χ0) is 28.7. The van der Waals surface area contributed by atoms with E-state index in [1.807, 2.05) is 0 Å². The second-order valence-electron chi connectivity index (χ2n) is 10.8. The first kappa shape index (κ1) is 27.1. The first-order chi connectivity index (χ1) is 19.9. The SMILES string of the molecule is COc1c(C)cc(P(c2cc(C)c(OC)c(C)c2)c2ccc3ccccc3c2-c2cccc3ccccc23)cc1C. The summed E-state index contributed by atoms with van der Waals surface area (Å²) in [5, 5.41) is 9.03. The van der Waals surface area contributed by atoms with Gasteiger partial charge in [-0.05, 0) is 131 Å². The second kappa shape index (κ2) is 11.0. The molecule has 0 unspecified atom stereocenters. The Kier molecular flexibility index (Phi) is 7.28. The highest BCUT2D eigenvalue weighted by Gasteiger charge is 2.25. The number of hydrogen-bond donors (Lipinski definition) is 0. The van der Waals surface area contributed by atoms with Crippen molar-refractivity contribution in [3.63, 3.8) is 0 Å². The molecular formula is C38H35O2P. The molecule has 0 spiro atoms. The molecule has 0 saturated carbocycles. The topological polar surface area (TPSA) is 18.5 Å². The molecule has 0 bridgehead atoms. The van der Waals surface area contributed by atoms with E-state index < -0.39 is 7.92 Å². The van der Waals surface area contributed by atoms with Gasteiger partial charge in [-0.1, -0.05) is 78.9 Å². The summed E-state index contributed by atoms with van der Waals surface area (Å²) < 4.78 is 11.6. The molecule has 6 rings (SSSR count). The van der Waals surface area contributed by atoms with E-state index in [4.69, 9.17) is 9.47 Å². The van der Waals surface area contributed by atoms with E-state index in [2.05, 4.69) is 131 Å². The average molecular weight is 555 g/mol. The lowest BCUT2D eigenvalue weighted by Gasteiger charge is -2.27. The molecule has 0 amide bonds. The fourth-order valence-corrected chi connectivity index (χ4v) is 9.19. The van der Waals surface area contributed by atoms with Crippen LogP contribution in [0.4, 0.5) is 0 Å². The molecule has 0 aromatic heterocycles. The van der Waals surface area contributed by atoms with Gasteiger partial charge in [0.05, 0.1) is 14.2 Å². The van der Waals surface area contributed by atoms with Crippen molar-refractivity contribution in [2.24, 2.45) is 0 Å². The fraction of sp³-hybridized carbons (Fsp3) is 0.158. The smallest absolute Gasteiger partial charge is 0.124 e. The van der Waals surface area contributed by atoms with Gasteiger partial charge in [-0.3, -0.25) is 0 Å². The maximum Gasteiger partial charge on any atom is 0.124 e. The number of benzene rings is 6. The largest absolute Gasteiger partial charge is 0.496 e. The first-order valence-corrected chi connectivity index (χ1v) is 15.4. The third-order valence-electron chi connectivity index (χ3n) is 8.02. The standard InChI is InChI=1S/C38H35O2P/c1-24-20-30(21-25(2)37(24)39-5)41(31-22-26(3)38(40-6)27(4)23-31)35-19-18-29-13-8-10-16-33(29)36(35)34-17-11-14-28-12-7-9-15-32(28)34/h7-23H,1-6H3. The van der Waals surface area contributed by atoms with Crippen LogP contribution in [0, 0.1) is 27.7 Å². The Hall–Kier alpha value is -4.13. The minimum Gasteiger partial charge on any atom is -0.496 e. The minimum absolute atomic E-state index is 0.930. The van der Waals surface area contributed by atoms with Crippen LogP contribution in [0.1, 0.15) is 22.3 Å². The molecule has 0 aliphatic heterocycles. The molecule has 0 aliphatic rings. The number of methoxy groups -OCH3 is 2. The molecule has 41 heavy (non-hydrogen) atoms. The molecule has 2 nitrogen and oxygen atoms in total. The quantitative estimate of drug-likeness (QED) is 0.192. The maximum absolute atomic E-state index is 5.78. The van der Waals surface area contributed by atoms with Crippen molar-refractivity contribution in [3.8, 4) is 22.6 Å². The molecule has 6 aromatic rings. The van der Waals surface area contributed by atoms with Crippen LogP contribution in [-0.4, -0.2) is 14.2 Å². The molecule has 0 N–H and O–H groups in total. The van der Waals surface area contributed by atoms with Crippen LogP contribution in [0.25, 0.3) is 32.7 Å². The van der Waals surface area contributed by atoms with E-state index in [-0.39, 0.29) is 0 Å². The average Bonchev–Trinajstić information content (AvgIpc) is 2.97. The Bertz CT molecular complexity index is 1810. The maximum atomic E-state index is 5.78. The van der Waals surface area contributed by atoms with Crippen LogP contribution in [0.3, 0.4) is 0 Å². The van der Waals surface area contributed by atoms with Crippen molar-refractivity contribution < 1.29 is 9.47 Å². The van der Waals surface area contributed by atoms with Gasteiger partial charge in [0.1, 0.15) is 11.5 Å². The summed E-state index contributed by atoms with van der Waals surface area (Å²) >= 11 is 0. The van der Waals surface area contributed by atoms with Crippen LogP contribution in [0.15, 0.2) is 103 Å². The third-order valence-corrected chi connectivity index (χ3v) is 10.4. The first-order valence-electron chi connectivity index (χ1n) is 14.0. The number of ether oxygens (including phenoxy) is 2. The van der Waals surface area contributed by atoms with E-state index in [1.165, 1.54) is 48.6 Å². The zero-order valence-corrected chi connectivity index (χ0v) is 25.5. The van der Waals surface area contributed by atoms with E-state index in [9.17, 15) is 0 Å². The summed E-state index contributed by atoms with van der Waals surface area (Å²) in [5.74, 6) is 1.91. The molecule has 0 fully saturated rings. The van der Waals surface area contributed by atoms with Crippen LogP contribution in [0.5, 0.6) is 11.5 Å². The van der Waals surface area contributed by atoms with Gasteiger partial charge in [-0.2, -0.15) is 0 Å². The van der Waals surface area contributed by atoms with Gasteiger partial charge in [-0.15, -0.1) is 0 Å². The van der Waals surface area contributed by atoms with Crippen molar-refractivity contribution in [1.29, 1.82) is 0 Å². The molecule has 0 aliphatic carbocycles. The number of hydrogen-bond acceptors (Lipinski definition) is 2. The highest BCUT2D eigenvalue weighted by Crippen LogP contribution is 2.44. The van der Waals surface area contributed by atoms with Crippen molar-refractivity contribution in [2.45, 2.75) is 27.7 Å². The Balaban J connectivity index is 1.74. The van der Waals surface area contributed by atoms with Gasteiger partial charge in [0, 0.05) is 0 Å². The molecule has 204 valence electrons. The zero-order valence-electron chi connectivity index (χ0n) is 24.6. The third kappa shape index (κ3) is 4.77. The predicted molar refractivity (Wildman–Crippen MR) is 178 cm³/mol. The van der Waals surface area contributed by atoms with Crippen molar-refractivity contribution in [1.82, 2.24) is 0 Å². The molecular weight excluding hydrogens is 519 g/mol. The molecule has 0 atom stereocenters. The highest BCUT2D eigenvalue weighted by molar-refractivity contribution is 7.80. The van der Waals surface area contributed by atoms with Crippen molar-refractivity contribution in [3.05, 3.63) is 125 Å². The number of rotatable bonds is 6. The molecule has 3 heteroatoms. The van der Waals surface area contributed by atoms with Crippen molar-refractivity contribution >= 4 is 45.4 Å². The van der Waals surface area contributed by atoms with Gasteiger partial charge >= 0.3 is 0 Å². The predicted octanol–water partition coefficient (Wildman–Crippen LogP) is 8.67. The van der Waals surface area contributed by atoms with Gasteiger partial charge in [0.25, 0.3) is 0 Å². The molecule has 0 saturated heterocycles. The van der Waals surface area contributed by atoms with E-state index in [1.54, 1.807) is 14.2 Å². The van der Waals surface area contributed by atoms with Crippen molar-refractivity contribution in [2.75, 3.05) is 14.2 Å². The minimum atomic E-state index is -0.930. The summed E-state index contributed by atoms with van der Waals surface area (Å²) in [5.41, 5.74) is 7.21. The van der Waals surface area contributed by atoms with Crippen LogP contribution >= 0.6 is 7.92 Å². The summed E-state index contributed by atoms with van der Waals surface area (Å²) in [6.07, 6.45) is 0. The van der Waals surface area contributed by atoms with Crippen LogP contribution < -0.4 is 25.4 Å². The lowest BCUT2D eigenvalue weighted by molar-refractivity contribution is 0.408. The van der Waals surface area contributed by atoms with Gasteiger partial charge < -0.3 is 9.47 Å². The lowest BCUT2D eigenvalue weighted by atomic mass is 9.94. The van der Waals surface area contributed by atoms with Gasteiger partial charge in [0.15, 0.2) is 0 Å². The fourth-order valence-electron chi connectivity index (χ4n) is 6.36. The van der Waals surface area contributed by atoms with Crippen LogP contribution in [-0.2, 0) is 0 Å². The Morgan fingerprint density at radius 3 is 1.49 bits per heavy atom. The summed E-state index contributed by atoms with van der Waals surface area (Å²) in [4.78, 5) is 0. The highest BCUT2D eigenvalue weighted by atomic mass is 31.1. The Morgan fingerprint density at radius 2 is 0.951 bits per heavy atom. The van der Waals surface area contributed by atoms with Gasteiger partial charge in [0.2, 0.25) is 0 Å². The number of fused-ring (bicyclic) bond motifs is 2. The monoisotopic (exact) mass is 554 g/mol. The molecule has 0 heterocycles. The summed E-state index contributed by atoms with van der Waals surface area (Å²) in [7, 11) is 2.59. The number of aryl methyl sites for hydroxylation is 4. The lowest BCUT2D eigenvalue weighted by Crippen LogP contribution is -2.24. The second-order valence-corrected chi connectivity index (χ2v) is 13.0. The summed E-state index contributed by atoms with van der Waals surface area (Å²) in [6.45, 7) is 8.61. The molecule has 0 radical (unpaired) electrons. The van der Waals surface area contributed by atoms with E-state index in [0.29, 0.717) is 0 Å². The molecule has 6 aromatic carbocycles. The summed E-state index contributed by atoms with van der Waals surface area (Å²) in [6, 6.07) is 38.2. The normalized spacial score (nSPS) is 11.4. The van der Waals surface area contributed by atoms with Gasteiger partial charge in [-0.25, -0.2) is 0 Å².